The van der Waals surface area contributed by atoms with Gasteiger partial charge in [0.25, 0.3) is 5.91 Å². The molecule has 0 spiro atoms. The molecular weight excluding hydrogens is 240 g/mol. The lowest BCUT2D eigenvalue weighted by Gasteiger charge is -2.22. The van der Waals surface area contributed by atoms with Crippen LogP contribution >= 0.6 is 0 Å². The van der Waals surface area contributed by atoms with Crippen molar-refractivity contribution in [1.82, 2.24) is 5.32 Å². The van der Waals surface area contributed by atoms with Gasteiger partial charge >= 0.3 is 0 Å². The first-order valence-corrected chi connectivity index (χ1v) is 6.99. The zero-order valence-corrected chi connectivity index (χ0v) is 11.2. The third-order valence-corrected chi connectivity index (χ3v) is 3.47. The molecule has 1 amide bonds. The van der Waals surface area contributed by atoms with Gasteiger partial charge in [-0.3, -0.25) is 4.79 Å². The second-order valence-electron chi connectivity index (χ2n) is 5.04. The van der Waals surface area contributed by atoms with E-state index in [4.69, 9.17) is 10.5 Å². The summed E-state index contributed by atoms with van der Waals surface area (Å²) in [6.07, 6.45) is 5.90. The molecule has 1 aromatic rings. The number of benzene rings is 1. The van der Waals surface area contributed by atoms with Crippen molar-refractivity contribution in [3.63, 3.8) is 0 Å². The van der Waals surface area contributed by atoms with Crippen molar-refractivity contribution in [2.75, 3.05) is 6.61 Å². The maximum atomic E-state index is 11.8. The van der Waals surface area contributed by atoms with E-state index < -0.39 is 0 Å². The monoisotopic (exact) mass is 262 g/mol. The van der Waals surface area contributed by atoms with Crippen LogP contribution in [-0.4, -0.2) is 18.6 Å². The molecule has 0 unspecified atom stereocenters. The van der Waals surface area contributed by atoms with Crippen LogP contribution in [0.4, 0.5) is 0 Å². The van der Waals surface area contributed by atoms with Gasteiger partial charge < -0.3 is 15.8 Å². The number of carbonyl (C=O) groups excluding carboxylic acids is 1. The average molecular weight is 262 g/mol. The van der Waals surface area contributed by atoms with Gasteiger partial charge in [-0.2, -0.15) is 0 Å². The van der Waals surface area contributed by atoms with Crippen molar-refractivity contribution in [3.05, 3.63) is 29.8 Å². The topological polar surface area (TPSA) is 64.3 Å². The molecule has 3 N–H and O–H groups in total. The van der Waals surface area contributed by atoms with Gasteiger partial charge in [-0.25, -0.2) is 0 Å². The molecule has 0 saturated heterocycles. The van der Waals surface area contributed by atoms with Gasteiger partial charge in [0.15, 0.2) is 6.61 Å². The lowest BCUT2D eigenvalue weighted by Crippen LogP contribution is -2.38. The molecular formula is C15H22N2O2. The van der Waals surface area contributed by atoms with Crippen molar-refractivity contribution in [2.24, 2.45) is 5.73 Å². The second kappa shape index (κ2) is 7.14. The largest absolute Gasteiger partial charge is 0.484 e. The van der Waals surface area contributed by atoms with Crippen LogP contribution in [0.2, 0.25) is 0 Å². The van der Waals surface area contributed by atoms with E-state index in [2.05, 4.69) is 5.32 Å². The molecule has 19 heavy (non-hydrogen) atoms. The maximum Gasteiger partial charge on any atom is 0.258 e. The van der Waals surface area contributed by atoms with Crippen LogP contribution in [0.25, 0.3) is 0 Å². The fraction of sp³-hybridized carbons (Fsp3) is 0.533. The Hall–Kier alpha value is -1.55. The highest BCUT2D eigenvalue weighted by atomic mass is 16.5. The van der Waals surface area contributed by atoms with E-state index in [-0.39, 0.29) is 12.5 Å². The Morgan fingerprint density at radius 3 is 2.84 bits per heavy atom. The van der Waals surface area contributed by atoms with Crippen LogP contribution in [0.3, 0.4) is 0 Å². The minimum Gasteiger partial charge on any atom is -0.484 e. The molecule has 0 bridgehead atoms. The lowest BCUT2D eigenvalue weighted by molar-refractivity contribution is -0.124. The summed E-state index contributed by atoms with van der Waals surface area (Å²) in [5.41, 5.74) is 6.57. The van der Waals surface area contributed by atoms with E-state index in [1.54, 1.807) is 0 Å². The highest BCUT2D eigenvalue weighted by Crippen LogP contribution is 2.17. The zero-order chi connectivity index (χ0) is 13.5. The van der Waals surface area contributed by atoms with Crippen LogP contribution in [0.1, 0.15) is 37.7 Å². The first-order chi connectivity index (χ1) is 9.28. The third-order valence-electron chi connectivity index (χ3n) is 3.47. The van der Waals surface area contributed by atoms with Crippen molar-refractivity contribution in [3.8, 4) is 5.75 Å². The van der Waals surface area contributed by atoms with Crippen molar-refractivity contribution >= 4 is 5.91 Å². The summed E-state index contributed by atoms with van der Waals surface area (Å²) in [5, 5.41) is 3.03. The molecule has 0 heterocycles. The van der Waals surface area contributed by atoms with Gasteiger partial charge in [-0.05, 0) is 30.5 Å². The number of ether oxygens (including phenoxy) is 1. The summed E-state index contributed by atoms with van der Waals surface area (Å²) in [6.45, 7) is 0.552. The zero-order valence-electron chi connectivity index (χ0n) is 11.2. The van der Waals surface area contributed by atoms with Crippen molar-refractivity contribution in [2.45, 2.75) is 44.7 Å². The molecule has 1 saturated carbocycles. The first kappa shape index (κ1) is 13.9. The number of nitrogens with one attached hydrogen (secondary N) is 1. The number of hydrogen-bond donors (Lipinski definition) is 2. The second-order valence-corrected chi connectivity index (χ2v) is 5.04. The number of carbonyl (C=O) groups is 1. The Balaban J connectivity index is 1.76. The fourth-order valence-corrected chi connectivity index (χ4v) is 2.43. The summed E-state index contributed by atoms with van der Waals surface area (Å²) in [7, 11) is 0. The first-order valence-electron chi connectivity index (χ1n) is 6.99. The Morgan fingerprint density at radius 2 is 2.11 bits per heavy atom. The number of nitrogens with two attached hydrogens (primary N) is 1. The fourth-order valence-electron chi connectivity index (χ4n) is 2.43. The standard InChI is InChI=1S/C15H22N2O2/c16-10-12-5-4-8-14(9-12)19-11-15(18)17-13-6-2-1-3-7-13/h4-5,8-9,13H,1-3,6-7,10-11,16H2,(H,17,18). The number of hydrogen-bond acceptors (Lipinski definition) is 3. The molecule has 1 aromatic carbocycles. The Morgan fingerprint density at radius 1 is 1.32 bits per heavy atom. The predicted molar refractivity (Wildman–Crippen MR) is 74.8 cm³/mol. The van der Waals surface area contributed by atoms with Crippen molar-refractivity contribution < 1.29 is 9.53 Å². The Kier molecular flexibility index (Phi) is 5.21. The van der Waals surface area contributed by atoms with E-state index in [9.17, 15) is 4.79 Å². The molecule has 104 valence electrons. The summed E-state index contributed by atoms with van der Waals surface area (Å²) >= 11 is 0. The molecule has 0 radical (unpaired) electrons. The van der Waals surface area contributed by atoms with Gasteiger partial charge in [0.05, 0.1) is 0 Å². The molecule has 1 fully saturated rings. The van der Waals surface area contributed by atoms with E-state index in [0.29, 0.717) is 18.3 Å². The van der Waals surface area contributed by atoms with Crippen LogP contribution < -0.4 is 15.8 Å². The number of rotatable bonds is 5. The smallest absolute Gasteiger partial charge is 0.258 e. The normalized spacial score (nSPS) is 16.1. The Bertz CT molecular complexity index is 414. The van der Waals surface area contributed by atoms with Crippen LogP contribution in [-0.2, 0) is 11.3 Å². The number of amides is 1. The minimum absolute atomic E-state index is 0.0370. The molecule has 1 aliphatic carbocycles. The van der Waals surface area contributed by atoms with E-state index in [0.717, 1.165) is 18.4 Å². The van der Waals surface area contributed by atoms with Crippen LogP contribution in [0.15, 0.2) is 24.3 Å². The highest BCUT2D eigenvalue weighted by molar-refractivity contribution is 5.77. The average Bonchev–Trinajstić information content (AvgIpc) is 2.46. The maximum absolute atomic E-state index is 11.8. The quantitative estimate of drug-likeness (QED) is 0.852. The summed E-state index contributed by atoms with van der Waals surface area (Å²) in [4.78, 5) is 11.8. The van der Waals surface area contributed by atoms with Gasteiger partial charge in [0.1, 0.15) is 5.75 Å². The molecule has 2 rings (SSSR count). The molecule has 4 heteroatoms. The van der Waals surface area contributed by atoms with E-state index >= 15 is 0 Å². The summed E-state index contributed by atoms with van der Waals surface area (Å²) in [5.74, 6) is 0.659. The molecule has 0 atom stereocenters. The van der Waals surface area contributed by atoms with Gasteiger partial charge in [0.2, 0.25) is 0 Å². The van der Waals surface area contributed by atoms with Crippen LogP contribution in [0.5, 0.6) is 5.75 Å². The van der Waals surface area contributed by atoms with Gasteiger partial charge in [0, 0.05) is 12.6 Å². The highest BCUT2D eigenvalue weighted by Gasteiger charge is 2.15. The van der Waals surface area contributed by atoms with Gasteiger partial charge in [-0.15, -0.1) is 0 Å². The summed E-state index contributed by atoms with van der Waals surface area (Å²) < 4.78 is 5.48. The Labute approximate surface area is 114 Å². The van der Waals surface area contributed by atoms with E-state index in [1.165, 1.54) is 19.3 Å². The van der Waals surface area contributed by atoms with E-state index in [1.807, 2.05) is 24.3 Å². The molecule has 4 nitrogen and oxygen atoms in total. The minimum atomic E-state index is -0.0370. The third kappa shape index (κ3) is 4.56. The van der Waals surface area contributed by atoms with Crippen LogP contribution in [0, 0.1) is 0 Å². The molecule has 1 aliphatic rings. The predicted octanol–water partition coefficient (Wildman–Crippen LogP) is 1.97. The van der Waals surface area contributed by atoms with Gasteiger partial charge in [-0.1, -0.05) is 31.4 Å². The molecule has 0 aliphatic heterocycles. The summed E-state index contributed by atoms with van der Waals surface area (Å²) in [6, 6.07) is 7.87. The van der Waals surface area contributed by atoms with Crippen molar-refractivity contribution in [1.29, 1.82) is 0 Å². The molecule has 0 aromatic heterocycles. The SMILES string of the molecule is NCc1cccc(OCC(=O)NC2CCCCC2)c1. The lowest BCUT2D eigenvalue weighted by atomic mass is 9.95.